The molecular weight excluding hydrogens is 393 g/mol. The Morgan fingerprint density at radius 1 is 1.23 bits per heavy atom. The maximum absolute atomic E-state index is 12.8. The lowest BCUT2D eigenvalue weighted by Crippen LogP contribution is -2.51. The molecule has 0 saturated carbocycles. The Kier molecular flexibility index (Phi) is 5.80. The van der Waals surface area contributed by atoms with Crippen LogP contribution in [0.25, 0.3) is 10.1 Å². The fraction of sp³-hybridized carbons (Fsp3) is 0.474. The van der Waals surface area contributed by atoms with E-state index in [1.54, 1.807) is 25.1 Å². The van der Waals surface area contributed by atoms with Crippen LogP contribution in [-0.2, 0) is 9.53 Å². The lowest BCUT2D eigenvalue weighted by Gasteiger charge is -2.40. The number of carbonyl (C=O) groups excluding carboxylic acids is 2. The van der Waals surface area contributed by atoms with Crippen molar-refractivity contribution in [2.24, 2.45) is 0 Å². The first-order valence-corrected chi connectivity index (χ1v) is 10.3. The standard InChI is InChI=1S/C19H21Cl2NO3S/c1-10-5-4-6-11(2)22(10)18(23)12(3)25-19(24)17-16(21)14-8-7-13(20)9-15(14)26-17/h7-12H,4-6H2,1-3H3/t10-,11-,12+/m0/s1. The number of piperidine rings is 1. The van der Waals surface area contributed by atoms with E-state index in [4.69, 9.17) is 27.9 Å². The number of hydrogen-bond acceptors (Lipinski definition) is 4. The number of amides is 1. The van der Waals surface area contributed by atoms with Gasteiger partial charge in [-0.2, -0.15) is 0 Å². The zero-order chi connectivity index (χ0) is 19.0. The third kappa shape index (κ3) is 3.71. The molecule has 1 saturated heterocycles. The fourth-order valence-corrected chi connectivity index (χ4v) is 5.17. The van der Waals surface area contributed by atoms with Crippen molar-refractivity contribution < 1.29 is 14.3 Å². The summed E-state index contributed by atoms with van der Waals surface area (Å²) in [5.41, 5.74) is 0. The van der Waals surface area contributed by atoms with Crippen molar-refractivity contribution in [1.29, 1.82) is 0 Å². The van der Waals surface area contributed by atoms with Crippen molar-refractivity contribution in [3.63, 3.8) is 0 Å². The molecule has 26 heavy (non-hydrogen) atoms. The summed E-state index contributed by atoms with van der Waals surface area (Å²) < 4.78 is 6.26. The van der Waals surface area contributed by atoms with Gasteiger partial charge < -0.3 is 9.64 Å². The van der Waals surface area contributed by atoms with Crippen LogP contribution < -0.4 is 0 Å². The molecule has 0 N–H and O–H groups in total. The number of carbonyl (C=O) groups is 2. The van der Waals surface area contributed by atoms with E-state index in [2.05, 4.69) is 0 Å². The van der Waals surface area contributed by atoms with Crippen LogP contribution in [0.2, 0.25) is 10.0 Å². The van der Waals surface area contributed by atoms with Gasteiger partial charge in [-0.15, -0.1) is 11.3 Å². The van der Waals surface area contributed by atoms with E-state index in [0.29, 0.717) is 14.9 Å². The van der Waals surface area contributed by atoms with E-state index < -0.39 is 12.1 Å². The predicted octanol–water partition coefficient (Wildman–Crippen LogP) is 5.54. The highest BCUT2D eigenvalue weighted by Gasteiger charge is 2.34. The molecule has 0 aliphatic carbocycles. The second kappa shape index (κ2) is 7.75. The fourth-order valence-electron chi connectivity index (χ4n) is 3.50. The molecule has 2 heterocycles. The van der Waals surface area contributed by atoms with Crippen molar-refractivity contribution in [2.45, 2.75) is 58.2 Å². The van der Waals surface area contributed by atoms with Gasteiger partial charge in [0, 0.05) is 27.2 Å². The Labute approximate surface area is 167 Å². The number of likely N-dealkylation sites (tertiary alicyclic amines) is 1. The minimum atomic E-state index is -0.852. The Bertz CT molecular complexity index is 841. The Morgan fingerprint density at radius 2 is 1.88 bits per heavy atom. The van der Waals surface area contributed by atoms with Gasteiger partial charge in [0.2, 0.25) is 0 Å². The number of ether oxygens (including phenoxy) is 1. The average molecular weight is 414 g/mol. The van der Waals surface area contributed by atoms with Gasteiger partial charge in [-0.25, -0.2) is 4.79 Å². The highest BCUT2D eigenvalue weighted by atomic mass is 35.5. The van der Waals surface area contributed by atoms with Gasteiger partial charge in [0.15, 0.2) is 6.10 Å². The number of fused-ring (bicyclic) bond motifs is 1. The molecule has 0 radical (unpaired) electrons. The van der Waals surface area contributed by atoms with Crippen LogP contribution >= 0.6 is 34.5 Å². The number of hydrogen-bond donors (Lipinski definition) is 0. The van der Waals surface area contributed by atoms with Gasteiger partial charge in [0.05, 0.1) is 5.02 Å². The third-order valence-corrected chi connectivity index (χ3v) is 6.73. The van der Waals surface area contributed by atoms with Crippen LogP contribution in [0.3, 0.4) is 0 Å². The molecule has 1 aliphatic rings. The van der Waals surface area contributed by atoms with E-state index in [1.165, 1.54) is 11.3 Å². The summed E-state index contributed by atoms with van der Waals surface area (Å²) >= 11 is 13.6. The van der Waals surface area contributed by atoms with Crippen LogP contribution in [-0.4, -0.2) is 35.0 Å². The predicted molar refractivity (Wildman–Crippen MR) is 106 cm³/mol. The number of benzene rings is 1. The summed E-state index contributed by atoms with van der Waals surface area (Å²) in [6.07, 6.45) is 2.20. The molecule has 7 heteroatoms. The monoisotopic (exact) mass is 413 g/mol. The highest BCUT2D eigenvalue weighted by molar-refractivity contribution is 7.21. The van der Waals surface area contributed by atoms with Gasteiger partial charge in [-0.1, -0.05) is 29.3 Å². The number of nitrogens with zero attached hydrogens (tertiary/aromatic N) is 1. The molecule has 1 aromatic heterocycles. The number of rotatable bonds is 3. The van der Waals surface area contributed by atoms with Crippen molar-refractivity contribution in [2.75, 3.05) is 0 Å². The van der Waals surface area contributed by atoms with Gasteiger partial charge in [0.25, 0.3) is 5.91 Å². The molecular formula is C19H21Cl2NO3S. The van der Waals surface area contributed by atoms with Crippen LogP contribution in [0.1, 0.15) is 49.7 Å². The number of halogens is 2. The molecule has 0 spiro atoms. The SMILES string of the molecule is C[C@@H](OC(=O)c1sc2cc(Cl)ccc2c1Cl)C(=O)N1[C@@H](C)CCC[C@@H]1C. The van der Waals surface area contributed by atoms with Crippen LogP contribution in [0.5, 0.6) is 0 Å². The smallest absolute Gasteiger partial charge is 0.350 e. The summed E-state index contributed by atoms with van der Waals surface area (Å²) in [5.74, 6) is -0.733. The molecule has 2 aromatic rings. The average Bonchev–Trinajstić information content (AvgIpc) is 2.90. The highest BCUT2D eigenvalue weighted by Crippen LogP contribution is 2.37. The van der Waals surface area contributed by atoms with E-state index in [-0.39, 0.29) is 18.0 Å². The first-order valence-electron chi connectivity index (χ1n) is 8.70. The molecule has 1 aliphatic heterocycles. The van der Waals surface area contributed by atoms with Gasteiger partial charge >= 0.3 is 5.97 Å². The van der Waals surface area contributed by atoms with Gasteiger partial charge in [-0.3, -0.25) is 4.79 Å². The quantitative estimate of drug-likeness (QED) is 0.620. The van der Waals surface area contributed by atoms with Gasteiger partial charge in [0.1, 0.15) is 4.88 Å². The lowest BCUT2D eigenvalue weighted by atomic mass is 9.97. The largest absolute Gasteiger partial charge is 0.448 e. The summed E-state index contributed by atoms with van der Waals surface area (Å²) in [6, 6.07) is 5.57. The molecule has 3 rings (SSSR count). The van der Waals surface area contributed by atoms with Crippen LogP contribution in [0.15, 0.2) is 18.2 Å². The zero-order valence-corrected chi connectivity index (χ0v) is 17.2. The van der Waals surface area contributed by atoms with Gasteiger partial charge in [-0.05, 0) is 52.2 Å². The minimum absolute atomic E-state index is 0.154. The molecule has 0 unspecified atom stereocenters. The lowest BCUT2D eigenvalue weighted by molar-refractivity contribution is -0.146. The third-order valence-electron chi connectivity index (χ3n) is 4.86. The van der Waals surface area contributed by atoms with Crippen molar-refractivity contribution >= 4 is 56.5 Å². The topological polar surface area (TPSA) is 46.6 Å². The Hall–Kier alpha value is -1.30. The van der Waals surface area contributed by atoms with Crippen molar-refractivity contribution in [1.82, 2.24) is 4.90 Å². The van der Waals surface area contributed by atoms with Crippen LogP contribution in [0.4, 0.5) is 0 Å². The maximum atomic E-state index is 12.8. The molecule has 4 nitrogen and oxygen atoms in total. The second-order valence-corrected chi connectivity index (χ2v) is 8.67. The first-order chi connectivity index (χ1) is 12.3. The maximum Gasteiger partial charge on any atom is 0.350 e. The van der Waals surface area contributed by atoms with E-state index in [9.17, 15) is 9.59 Å². The summed E-state index contributed by atoms with van der Waals surface area (Å²) in [7, 11) is 0. The molecule has 1 fully saturated rings. The molecule has 1 aromatic carbocycles. The molecule has 140 valence electrons. The van der Waals surface area contributed by atoms with E-state index in [1.807, 2.05) is 18.7 Å². The first kappa shape index (κ1) is 19.5. The summed E-state index contributed by atoms with van der Waals surface area (Å²) in [4.78, 5) is 27.5. The summed E-state index contributed by atoms with van der Waals surface area (Å²) in [6.45, 7) is 5.69. The van der Waals surface area contributed by atoms with E-state index in [0.717, 1.165) is 29.3 Å². The number of thiophene rings is 1. The molecule has 3 atom stereocenters. The van der Waals surface area contributed by atoms with Crippen molar-refractivity contribution in [3.05, 3.63) is 33.1 Å². The van der Waals surface area contributed by atoms with Crippen LogP contribution in [0, 0.1) is 0 Å². The Morgan fingerprint density at radius 3 is 2.54 bits per heavy atom. The minimum Gasteiger partial charge on any atom is -0.448 e. The Balaban J connectivity index is 1.77. The number of esters is 1. The molecule has 1 amide bonds. The second-order valence-electron chi connectivity index (χ2n) is 6.81. The van der Waals surface area contributed by atoms with Crippen molar-refractivity contribution in [3.8, 4) is 0 Å². The zero-order valence-electron chi connectivity index (χ0n) is 14.9. The normalized spacial score (nSPS) is 21.7. The summed E-state index contributed by atoms with van der Waals surface area (Å²) in [5, 5.41) is 1.67. The van der Waals surface area contributed by atoms with E-state index >= 15 is 0 Å². The molecule has 0 bridgehead atoms.